The van der Waals surface area contributed by atoms with Crippen molar-refractivity contribution < 1.29 is 17.9 Å². The number of rotatable bonds is 7. The third-order valence-corrected chi connectivity index (χ3v) is 2.13. The molecule has 8 heteroatoms. The van der Waals surface area contributed by atoms with Gasteiger partial charge in [-0.3, -0.25) is 10.4 Å². The molecule has 5 nitrogen and oxygen atoms in total. The van der Waals surface area contributed by atoms with Gasteiger partial charge in [0.2, 0.25) is 5.96 Å². The van der Waals surface area contributed by atoms with Gasteiger partial charge in [-0.05, 0) is 13.3 Å². The molecule has 0 saturated carbocycles. The van der Waals surface area contributed by atoms with Crippen LogP contribution in [0.5, 0.6) is 0 Å². The number of hydrogen-bond donors (Lipinski definition) is 2. The Labute approximate surface area is 105 Å². The summed E-state index contributed by atoms with van der Waals surface area (Å²) in [6.07, 6.45) is -4.38. The minimum atomic E-state index is -4.18. The van der Waals surface area contributed by atoms with Crippen LogP contribution in [0.4, 0.5) is 13.2 Å². The minimum Gasteiger partial charge on any atom is -0.382 e. The van der Waals surface area contributed by atoms with E-state index in [-0.39, 0.29) is 12.5 Å². The number of nitrogens with two attached hydrogens (primary N) is 1. The lowest BCUT2D eigenvalue weighted by molar-refractivity contribution is -0.135. The summed E-state index contributed by atoms with van der Waals surface area (Å²) in [5.74, 6) is 5.47. The van der Waals surface area contributed by atoms with E-state index >= 15 is 0 Å². The van der Waals surface area contributed by atoms with Gasteiger partial charge < -0.3 is 9.64 Å². The lowest BCUT2D eigenvalue weighted by Crippen LogP contribution is -2.44. The first-order valence-electron chi connectivity index (χ1n) is 5.77. The lowest BCUT2D eigenvalue weighted by Gasteiger charge is -2.21. The van der Waals surface area contributed by atoms with Gasteiger partial charge in [-0.15, -0.1) is 0 Å². The van der Waals surface area contributed by atoms with Crippen molar-refractivity contribution in [3.05, 3.63) is 0 Å². The fourth-order valence-corrected chi connectivity index (χ4v) is 1.17. The van der Waals surface area contributed by atoms with Gasteiger partial charge in [-0.25, -0.2) is 5.84 Å². The molecule has 18 heavy (non-hydrogen) atoms. The van der Waals surface area contributed by atoms with E-state index in [0.717, 1.165) is 0 Å². The van der Waals surface area contributed by atoms with E-state index in [1.807, 2.05) is 6.92 Å². The van der Waals surface area contributed by atoms with Crippen LogP contribution in [0.1, 0.15) is 19.8 Å². The SMILES string of the molecule is CCOCCCN=C(NN)N(C)CCC(F)(F)F. The van der Waals surface area contributed by atoms with Crippen LogP contribution in [0.3, 0.4) is 0 Å². The van der Waals surface area contributed by atoms with Gasteiger partial charge in [0.05, 0.1) is 6.42 Å². The van der Waals surface area contributed by atoms with Gasteiger partial charge in [-0.2, -0.15) is 13.2 Å². The molecule has 0 fully saturated rings. The van der Waals surface area contributed by atoms with Crippen molar-refractivity contribution in [2.45, 2.75) is 25.9 Å². The van der Waals surface area contributed by atoms with Crippen LogP contribution in [0.15, 0.2) is 4.99 Å². The monoisotopic (exact) mass is 270 g/mol. The molecule has 0 aliphatic carbocycles. The molecule has 0 aliphatic rings. The molecule has 0 saturated heterocycles. The molecular weight excluding hydrogens is 249 g/mol. The number of alkyl halides is 3. The highest BCUT2D eigenvalue weighted by Gasteiger charge is 2.27. The summed E-state index contributed by atoms with van der Waals surface area (Å²) in [4.78, 5) is 5.42. The van der Waals surface area contributed by atoms with Crippen molar-refractivity contribution in [2.24, 2.45) is 10.8 Å². The summed E-state index contributed by atoms with van der Waals surface area (Å²) in [6, 6.07) is 0. The molecular formula is C10H21F3N4O. The van der Waals surface area contributed by atoms with E-state index in [4.69, 9.17) is 10.6 Å². The largest absolute Gasteiger partial charge is 0.390 e. The zero-order valence-corrected chi connectivity index (χ0v) is 10.8. The molecule has 0 spiro atoms. The van der Waals surface area contributed by atoms with Crippen molar-refractivity contribution in [3.8, 4) is 0 Å². The molecule has 0 unspecified atom stereocenters. The Kier molecular flexibility index (Phi) is 8.47. The Hall–Kier alpha value is -1.02. The first kappa shape index (κ1) is 17.0. The molecule has 0 radical (unpaired) electrons. The molecule has 0 atom stereocenters. The predicted molar refractivity (Wildman–Crippen MR) is 64.0 cm³/mol. The van der Waals surface area contributed by atoms with Crippen LogP contribution in [-0.2, 0) is 4.74 Å². The van der Waals surface area contributed by atoms with Gasteiger partial charge in [0.25, 0.3) is 0 Å². The van der Waals surface area contributed by atoms with Gasteiger partial charge in [0.15, 0.2) is 0 Å². The molecule has 0 aliphatic heterocycles. The number of halogens is 3. The van der Waals surface area contributed by atoms with Crippen LogP contribution in [0.25, 0.3) is 0 Å². The molecule has 0 bridgehead atoms. The molecule has 0 aromatic carbocycles. The first-order valence-corrected chi connectivity index (χ1v) is 5.77. The third-order valence-electron chi connectivity index (χ3n) is 2.13. The van der Waals surface area contributed by atoms with Crippen LogP contribution < -0.4 is 11.3 Å². The Morgan fingerprint density at radius 1 is 1.44 bits per heavy atom. The van der Waals surface area contributed by atoms with E-state index in [2.05, 4.69) is 10.4 Å². The zero-order chi connectivity index (χ0) is 14.0. The van der Waals surface area contributed by atoms with Crippen LogP contribution in [0.2, 0.25) is 0 Å². The first-order chi connectivity index (χ1) is 8.40. The van der Waals surface area contributed by atoms with Crippen molar-refractivity contribution >= 4 is 5.96 Å². The van der Waals surface area contributed by atoms with E-state index in [1.165, 1.54) is 11.9 Å². The fraction of sp³-hybridized carbons (Fsp3) is 0.900. The predicted octanol–water partition coefficient (Wildman–Crippen LogP) is 1.12. The van der Waals surface area contributed by atoms with Gasteiger partial charge in [0.1, 0.15) is 0 Å². The van der Waals surface area contributed by atoms with Gasteiger partial charge in [-0.1, -0.05) is 0 Å². The Morgan fingerprint density at radius 2 is 2.11 bits per heavy atom. The second-order valence-electron chi connectivity index (χ2n) is 3.69. The van der Waals surface area contributed by atoms with Gasteiger partial charge >= 0.3 is 6.18 Å². The maximum Gasteiger partial charge on any atom is 0.390 e. The number of aliphatic imine (C=N–C) groups is 1. The van der Waals surface area contributed by atoms with Crippen LogP contribution >= 0.6 is 0 Å². The Bertz CT molecular complexity index is 246. The lowest BCUT2D eigenvalue weighted by atomic mass is 10.4. The van der Waals surface area contributed by atoms with E-state index in [0.29, 0.717) is 26.2 Å². The number of ether oxygens (including phenoxy) is 1. The van der Waals surface area contributed by atoms with Crippen molar-refractivity contribution in [2.75, 3.05) is 33.4 Å². The normalized spacial score (nSPS) is 12.7. The molecule has 0 amide bonds. The molecule has 108 valence electrons. The van der Waals surface area contributed by atoms with Gasteiger partial charge in [0, 0.05) is 33.4 Å². The highest BCUT2D eigenvalue weighted by molar-refractivity contribution is 5.79. The maximum atomic E-state index is 12.0. The minimum absolute atomic E-state index is 0.183. The average molecular weight is 270 g/mol. The molecule has 0 heterocycles. The van der Waals surface area contributed by atoms with Crippen LogP contribution in [0, 0.1) is 0 Å². The average Bonchev–Trinajstić information content (AvgIpc) is 2.30. The Morgan fingerprint density at radius 3 is 2.61 bits per heavy atom. The topological polar surface area (TPSA) is 62.9 Å². The fourth-order valence-electron chi connectivity index (χ4n) is 1.17. The van der Waals surface area contributed by atoms with E-state index in [9.17, 15) is 13.2 Å². The van der Waals surface area contributed by atoms with E-state index in [1.54, 1.807) is 0 Å². The number of guanidine groups is 1. The van der Waals surface area contributed by atoms with E-state index < -0.39 is 12.6 Å². The molecule has 0 aromatic heterocycles. The summed E-state index contributed by atoms with van der Waals surface area (Å²) >= 11 is 0. The highest BCUT2D eigenvalue weighted by atomic mass is 19.4. The van der Waals surface area contributed by atoms with Crippen LogP contribution in [-0.4, -0.2) is 50.4 Å². The highest BCUT2D eigenvalue weighted by Crippen LogP contribution is 2.19. The number of nitrogens with zero attached hydrogens (tertiary/aromatic N) is 2. The molecule has 0 rings (SSSR count). The number of nitrogens with one attached hydrogen (secondary N) is 1. The zero-order valence-electron chi connectivity index (χ0n) is 10.8. The van der Waals surface area contributed by atoms with Crippen molar-refractivity contribution in [3.63, 3.8) is 0 Å². The standard InChI is InChI=1S/C10H21F3N4O/c1-3-18-8-4-6-15-9(16-14)17(2)7-5-10(11,12)13/h3-8,14H2,1-2H3,(H,15,16). The summed E-state index contributed by atoms with van der Waals surface area (Å²) in [6.45, 7) is 3.37. The van der Waals surface area contributed by atoms with Crippen molar-refractivity contribution in [1.29, 1.82) is 0 Å². The third kappa shape index (κ3) is 9.06. The van der Waals surface area contributed by atoms with Crippen molar-refractivity contribution in [1.82, 2.24) is 10.3 Å². The summed E-state index contributed by atoms with van der Waals surface area (Å²) < 4.78 is 41.2. The summed E-state index contributed by atoms with van der Waals surface area (Å²) in [7, 11) is 1.51. The summed E-state index contributed by atoms with van der Waals surface area (Å²) in [5.41, 5.74) is 2.30. The molecule has 0 aromatic rings. The smallest absolute Gasteiger partial charge is 0.382 e. The second-order valence-corrected chi connectivity index (χ2v) is 3.69. The summed E-state index contributed by atoms with van der Waals surface area (Å²) in [5, 5.41) is 0. The Balaban J connectivity index is 4.01. The maximum absolute atomic E-state index is 12.0. The molecule has 3 N–H and O–H groups in total. The quantitative estimate of drug-likeness (QED) is 0.239. The number of hydrazine groups is 1. The number of hydrogen-bond acceptors (Lipinski definition) is 3. The second kappa shape index (κ2) is 8.98.